The largest absolute Gasteiger partial charge is 0.367 e. The van der Waals surface area contributed by atoms with Gasteiger partial charge in [-0.05, 0) is 24.3 Å². The number of nitrogens with zero attached hydrogens (tertiary/aromatic N) is 1. The summed E-state index contributed by atoms with van der Waals surface area (Å²) < 4.78 is 5.22. The van der Waals surface area contributed by atoms with Crippen LogP contribution in [-0.4, -0.2) is 5.16 Å². The average molecular weight is 264 g/mol. The van der Waals surface area contributed by atoms with Gasteiger partial charge in [0.2, 0.25) is 5.88 Å². The lowest BCUT2D eigenvalue weighted by Crippen LogP contribution is -2.00. The van der Waals surface area contributed by atoms with Gasteiger partial charge in [-0.3, -0.25) is 0 Å². The molecule has 2 rings (SSSR count). The minimum atomic E-state index is 0.447. The Morgan fingerprint density at radius 2 is 2.28 bits per heavy atom. The molecule has 0 saturated carbocycles. The van der Waals surface area contributed by atoms with Crippen molar-refractivity contribution >= 4 is 17.2 Å². The number of anilines is 1. The second kappa shape index (κ2) is 6.05. The van der Waals surface area contributed by atoms with E-state index < -0.39 is 0 Å². The Bertz CT molecular complexity index is 476. The third-order valence-electron chi connectivity index (χ3n) is 3.30. The van der Waals surface area contributed by atoms with Crippen molar-refractivity contribution in [3.63, 3.8) is 0 Å². The average Bonchev–Trinajstić information content (AvgIpc) is 3.00. The summed E-state index contributed by atoms with van der Waals surface area (Å²) in [5, 5.41) is 6.26. The molecule has 1 atom stereocenters. The van der Waals surface area contributed by atoms with Gasteiger partial charge in [-0.1, -0.05) is 37.9 Å². The third kappa shape index (κ3) is 2.58. The zero-order valence-electron chi connectivity index (χ0n) is 11.0. The van der Waals surface area contributed by atoms with E-state index in [0.29, 0.717) is 11.8 Å². The quantitative estimate of drug-likeness (QED) is 0.825. The minimum absolute atomic E-state index is 0.447. The van der Waals surface area contributed by atoms with E-state index in [2.05, 4.69) is 30.5 Å². The van der Waals surface area contributed by atoms with Gasteiger partial charge in [-0.25, -0.2) is 0 Å². The summed E-state index contributed by atoms with van der Waals surface area (Å²) in [4.78, 5) is 1.15. The fourth-order valence-electron chi connectivity index (χ4n) is 2.25. The van der Waals surface area contributed by atoms with Crippen LogP contribution in [0.3, 0.4) is 0 Å². The first kappa shape index (κ1) is 13.1. The summed E-state index contributed by atoms with van der Waals surface area (Å²) in [5.41, 5.74) is 7.97. The molecule has 0 bridgehead atoms. The SMILES string of the molecule is CCCCC(CC)c1noc(N)c1-c1cccs1. The predicted octanol–water partition coefficient (Wildman–Crippen LogP) is 4.67. The highest BCUT2D eigenvalue weighted by atomic mass is 32.1. The lowest BCUT2D eigenvalue weighted by molar-refractivity contribution is 0.412. The number of hydrogen-bond donors (Lipinski definition) is 1. The molecule has 0 aromatic carbocycles. The number of aromatic nitrogens is 1. The molecule has 2 heterocycles. The Hall–Kier alpha value is -1.29. The molecule has 2 N–H and O–H groups in total. The minimum Gasteiger partial charge on any atom is -0.367 e. The highest BCUT2D eigenvalue weighted by Crippen LogP contribution is 2.39. The lowest BCUT2D eigenvalue weighted by atomic mass is 9.93. The van der Waals surface area contributed by atoms with Crippen LogP contribution in [0.5, 0.6) is 0 Å². The first-order valence-corrected chi connectivity index (χ1v) is 7.44. The van der Waals surface area contributed by atoms with E-state index in [1.165, 1.54) is 12.8 Å². The van der Waals surface area contributed by atoms with Gasteiger partial charge in [-0.2, -0.15) is 0 Å². The molecule has 98 valence electrons. The second-order valence-electron chi connectivity index (χ2n) is 4.53. The molecule has 0 aliphatic heterocycles. The van der Waals surface area contributed by atoms with E-state index in [0.717, 1.165) is 29.0 Å². The Morgan fingerprint density at radius 3 is 2.89 bits per heavy atom. The molecule has 18 heavy (non-hydrogen) atoms. The molecule has 3 nitrogen and oxygen atoms in total. The van der Waals surface area contributed by atoms with Crippen molar-refractivity contribution in [2.75, 3.05) is 5.73 Å². The van der Waals surface area contributed by atoms with Crippen LogP contribution in [0.2, 0.25) is 0 Å². The number of nitrogens with two attached hydrogens (primary N) is 1. The van der Waals surface area contributed by atoms with Crippen molar-refractivity contribution in [2.45, 2.75) is 45.4 Å². The van der Waals surface area contributed by atoms with Gasteiger partial charge in [0, 0.05) is 10.8 Å². The van der Waals surface area contributed by atoms with Crippen LogP contribution in [0.15, 0.2) is 22.0 Å². The Kier molecular flexibility index (Phi) is 4.42. The number of nitrogen functional groups attached to an aromatic ring is 1. The Labute approximate surface area is 112 Å². The van der Waals surface area contributed by atoms with Crippen molar-refractivity contribution < 1.29 is 4.52 Å². The standard InChI is InChI=1S/C14H20N2OS/c1-3-5-7-10(4-2)13-12(14(15)17-16-13)11-8-6-9-18-11/h6,8-10H,3-5,7,15H2,1-2H3. The summed E-state index contributed by atoms with van der Waals surface area (Å²) in [5.74, 6) is 0.894. The van der Waals surface area contributed by atoms with E-state index in [-0.39, 0.29) is 0 Å². The van der Waals surface area contributed by atoms with Crippen molar-refractivity contribution in [1.82, 2.24) is 5.16 Å². The van der Waals surface area contributed by atoms with Crippen LogP contribution in [0.4, 0.5) is 5.88 Å². The zero-order valence-corrected chi connectivity index (χ0v) is 11.8. The summed E-state index contributed by atoms with van der Waals surface area (Å²) >= 11 is 1.68. The van der Waals surface area contributed by atoms with Gasteiger partial charge in [0.25, 0.3) is 0 Å². The maximum atomic E-state index is 5.93. The number of hydrogen-bond acceptors (Lipinski definition) is 4. The fraction of sp³-hybridized carbons (Fsp3) is 0.500. The van der Waals surface area contributed by atoms with Crippen LogP contribution in [0.1, 0.15) is 51.1 Å². The molecule has 0 aliphatic rings. The zero-order chi connectivity index (χ0) is 13.0. The van der Waals surface area contributed by atoms with E-state index in [1.54, 1.807) is 11.3 Å². The molecule has 0 fully saturated rings. The topological polar surface area (TPSA) is 52.0 Å². The van der Waals surface area contributed by atoms with Gasteiger partial charge >= 0.3 is 0 Å². The normalized spacial score (nSPS) is 12.8. The Morgan fingerprint density at radius 1 is 1.44 bits per heavy atom. The van der Waals surface area contributed by atoms with Crippen molar-refractivity contribution in [3.05, 3.63) is 23.2 Å². The van der Waals surface area contributed by atoms with Gasteiger partial charge in [0.1, 0.15) is 0 Å². The molecular formula is C14H20N2OS. The second-order valence-corrected chi connectivity index (χ2v) is 5.48. The third-order valence-corrected chi connectivity index (χ3v) is 4.19. The maximum absolute atomic E-state index is 5.93. The van der Waals surface area contributed by atoms with Gasteiger partial charge in [-0.15, -0.1) is 11.3 Å². The molecule has 0 spiro atoms. The Balaban J connectivity index is 2.33. The van der Waals surface area contributed by atoms with Crippen LogP contribution < -0.4 is 5.73 Å². The van der Waals surface area contributed by atoms with Crippen LogP contribution in [-0.2, 0) is 0 Å². The molecule has 1 unspecified atom stereocenters. The van der Waals surface area contributed by atoms with E-state index in [1.807, 2.05) is 6.07 Å². The summed E-state index contributed by atoms with van der Waals surface area (Å²) in [6.07, 6.45) is 4.65. The summed E-state index contributed by atoms with van der Waals surface area (Å²) in [6, 6.07) is 4.10. The molecular weight excluding hydrogens is 244 g/mol. The van der Waals surface area contributed by atoms with E-state index in [9.17, 15) is 0 Å². The van der Waals surface area contributed by atoms with E-state index in [4.69, 9.17) is 10.3 Å². The van der Waals surface area contributed by atoms with Crippen molar-refractivity contribution in [1.29, 1.82) is 0 Å². The molecule has 2 aromatic rings. The summed E-state index contributed by atoms with van der Waals surface area (Å²) in [7, 11) is 0. The lowest BCUT2D eigenvalue weighted by Gasteiger charge is -2.12. The summed E-state index contributed by atoms with van der Waals surface area (Å²) in [6.45, 7) is 4.41. The molecule has 0 amide bonds. The van der Waals surface area contributed by atoms with Crippen LogP contribution in [0.25, 0.3) is 10.4 Å². The molecule has 4 heteroatoms. The van der Waals surface area contributed by atoms with E-state index >= 15 is 0 Å². The molecule has 0 aliphatic carbocycles. The van der Waals surface area contributed by atoms with Crippen molar-refractivity contribution in [3.8, 4) is 10.4 Å². The van der Waals surface area contributed by atoms with Crippen molar-refractivity contribution in [2.24, 2.45) is 0 Å². The number of unbranched alkanes of at least 4 members (excludes halogenated alkanes) is 1. The van der Waals surface area contributed by atoms with Gasteiger partial charge in [0.05, 0.1) is 11.3 Å². The number of thiophene rings is 1. The predicted molar refractivity (Wildman–Crippen MR) is 76.8 cm³/mol. The highest BCUT2D eigenvalue weighted by molar-refractivity contribution is 7.13. The van der Waals surface area contributed by atoms with Crippen LogP contribution in [0, 0.1) is 0 Å². The molecule has 0 radical (unpaired) electrons. The smallest absolute Gasteiger partial charge is 0.231 e. The van der Waals surface area contributed by atoms with Gasteiger partial charge < -0.3 is 10.3 Å². The first-order valence-electron chi connectivity index (χ1n) is 6.56. The molecule has 2 aromatic heterocycles. The maximum Gasteiger partial charge on any atom is 0.231 e. The van der Waals surface area contributed by atoms with Crippen LogP contribution >= 0.6 is 11.3 Å². The fourth-order valence-corrected chi connectivity index (χ4v) is 3.03. The highest BCUT2D eigenvalue weighted by Gasteiger charge is 2.22. The number of rotatable bonds is 6. The molecule has 0 saturated heterocycles. The first-order chi connectivity index (χ1) is 8.77. The van der Waals surface area contributed by atoms with Gasteiger partial charge in [0.15, 0.2) is 0 Å². The monoisotopic (exact) mass is 264 g/mol.